The Labute approximate surface area is 107 Å². The molecule has 2 rings (SSSR count). The maximum atomic E-state index is 11.7. The highest BCUT2D eigenvalue weighted by atomic mass is 16.5. The van der Waals surface area contributed by atoms with Gasteiger partial charge in [0.05, 0.1) is 19.3 Å². The lowest BCUT2D eigenvalue weighted by Gasteiger charge is -2.11. The summed E-state index contributed by atoms with van der Waals surface area (Å²) in [5.74, 6) is 0.234. The lowest BCUT2D eigenvalue weighted by atomic mass is 9.96. The molecule has 1 aliphatic carbocycles. The topological polar surface area (TPSA) is 46.5 Å². The first-order chi connectivity index (χ1) is 8.67. The van der Waals surface area contributed by atoms with E-state index >= 15 is 0 Å². The Bertz CT molecular complexity index is 485. The summed E-state index contributed by atoms with van der Waals surface area (Å²) in [6, 6.07) is 6.19. The van der Waals surface area contributed by atoms with Gasteiger partial charge in [-0.1, -0.05) is 18.2 Å². The zero-order valence-electron chi connectivity index (χ0n) is 10.8. The molecule has 1 aromatic rings. The van der Waals surface area contributed by atoms with Crippen molar-refractivity contribution in [1.29, 1.82) is 0 Å². The lowest BCUT2D eigenvalue weighted by Crippen LogP contribution is -2.06. The highest BCUT2D eigenvalue weighted by Gasteiger charge is 2.25. The molecule has 1 N–H and O–H groups in total. The van der Waals surface area contributed by atoms with Crippen molar-refractivity contribution in [3.8, 4) is 0 Å². The number of aryl methyl sites for hydroxylation is 1. The molecule has 0 amide bonds. The van der Waals surface area contributed by atoms with Crippen molar-refractivity contribution in [3.63, 3.8) is 0 Å². The fourth-order valence-electron chi connectivity index (χ4n) is 2.10. The zero-order valence-corrected chi connectivity index (χ0v) is 10.8. The van der Waals surface area contributed by atoms with E-state index in [0.717, 1.165) is 11.1 Å². The first-order valence-electron chi connectivity index (χ1n) is 6.17. The van der Waals surface area contributed by atoms with E-state index in [2.05, 4.69) is 6.07 Å². The van der Waals surface area contributed by atoms with Crippen molar-refractivity contribution in [2.75, 3.05) is 13.7 Å². The van der Waals surface area contributed by atoms with Crippen LogP contribution >= 0.6 is 0 Å². The molecule has 1 aromatic carbocycles. The van der Waals surface area contributed by atoms with Gasteiger partial charge in [0, 0.05) is 0 Å². The second-order valence-electron chi connectivity index (χ2n) is 4.64. The molecule has 1 fully saturated rings. The second kappa shape index (κ2) is 5.36. The van der Waals surface area contributed by atoms with E-state index in [4.69, 9.17) is 9.84 Å². The van der Waals surface area contributed by atoms with Crippen LogP contribution in [0.2, 0.25) is 0 Å². The van der Waals surface area contributed by atoms with E-state index in [1.54, 1.807) is 0 Å². The van der Waals surface area contributed by atoms with Gasteiger partial charge < -0.3 is 9.84 Å². The van der Waals surface area contributed by atoms with Gasteiger partial charge in [-0.25, -0.2) is 4.79 Å². The monoisotopic (exact) mass is 246 g/mol. The number of hydrogen-bond acceptors (Lipinski definition) is 3. The van der Waals surface area contributed by atoms with Gasteiger partial charge in [-0.2, -0.15) is 0 Å². The van der Waals surface area contributed by atoms with Gasteiger partial charge in [-0.15, -0.1) is 0 Å². The van der Waals surface area contributed by atoms with Gasteiger partial charge >= 0.3 is 5.97 Å². The largest absolute Gasteiger partial charge is 0.465 e. The molecule has 96 valence electrons. The van der Waals surface area contributed by atoms with Gasteiger partial charge in [0.25, 0.3) is 0 Å². The maximum Gasteiger partial charge on any atom is 0.338 e. The molecular weight excluding hydrogens is 228 g/mol. The Balaban J connectivity index is 2.42. The Kier molecular flexibility index (Phi) is 3.82. The predicted molar refractivity (Wildman–Crippen MR) is 70.2 cm³/mol. The molecular formula is C15H18O3. The predicted octanol–water partition coefficient (Wildman–Crippen LogP) is 2.42. The fourth-order valence-corrected chi connectivity index (χ4v) is 2.10. The van der Waals surface area contributed by atoms with Gasteiger partial charge in [0.15, 0.2) is 0 Å². The second-order valence-corrected chi connectivity index (χ2v) is 4.64. The van der Waals surface area contributed by atoms with Crippen molar-refractivity contribution >= 4 is 11.5 Å². The highest BCUT2D eigenvalue weighted by molar-refractivity contribution is 6.16. The van der Waals surface area contributed by atoms with E-state index < -0.39 is 5.97 Å². The molecule has 0 heterocycles. The number of aliphatic hydroxyl groups excluding tert-OH is 1. The van der Waals surface area contributed by atoms with E-state index in [0.29, 0.717) is 11.5 Å². The van der Waals surface area contributed by atoms with Crippen LogP contribution in [0.4, 0.5) is 0 Å². The van der Waals surface area contributed by atoms with Crippen LogP contribution in [0.3, 0.4) is 0 Å². The number of ether oxygens (including phenoxy) is 1. The summed E-state index contributed by atoms with van der Waals surface area (Å²) >= 11 is 0. The standard InChI is InChI=1S/C15H18O3/c1-10-3-4-12(11-5-6-11)9-14(10)13(7-8-16)15(17)18-2/h3-4,7,9,11,16H,5-6,8H2,1-2H3/b13-7+. The molecule has 18 heavy (non-hydrogen) atoms. The van der Waals surface area contributed by atoms with Crippen LogP contribution in [-0.4, -0.2) is 24.8 Å². The molecule has 1 saturated carbocycles. The van der Waals surface area contributed by atoms with Gasteiger partial charge in [0.2, 0.25) is 0 Å². The molecule has 0 unspecified atom stereocenters. The number of carbonyl (C=O) groups is 1. The van der Waals surface area contributed by atoms with Crippen LogP contribution in [0.1, 0.15) is 35.4 Å². The fraction of sp³-hybridized carbons (Fsp3) is 0.400. The van der Waals surface area contributed by atoms with Crippen LogP contribution in [-0.2, 0) is 9.53 Å². The summed E-state index contributed by atoms with van der Waals surface area (Å²) < 4.78 is 4.77. The quantitative estimate of drug-likeness (QED) is 0.655. The number of benzene rings is 1. The average Bonchev–Trinajstić information content (AvgIpc) is 3.20. The van der Waals surface area contributed by atoms with E-state index in [1.165, 1.54) is 31.6 Å². The SMILES string of the molecule is COC(=O)/C(=C/CO)c1cc(C2CC2)ccc1C. The average molecular weight is 246 g/mol. The van der Waals surface area contributed by atoms with Gasteiger partial charge in [0.1, 0.15) is 0 Å². The number of esters is 1. The Morgan fingerprint density at radius 2 is 2.22 bits per heavy atom. The highest BCUT2D eigenvalue weighted by Crippen LogP contribution is 2.41. The number of aliphatic hydroxyl groups is 1. The number of methoxy groups -OCH3 is 1. The van der Waals surface area contributed by atoms with Crippen LogP contribution < -0.4 is 0 Å². The summed E-state index contributed by atoms with van der Waals surface area (Å²) in [5.41, 5.74) is 3.59. The minimum absolute atomic E-state index is 0.169. The normalized spacial score (nSPS) is 15.6. The summed E-state index contributed by atoms with van der Waals surface area (Å²) in [6.07, 6.45) is 3.95. The molecule has 0 atom stereocenters. The van der Waals surface area contributed by atoms with Crippen LogP contribution in [0, 0.1) is 6.92 Å². The number of carbonyl (C=O) groups excluding carboxylic acids is 1. The first kappa shape index (κ1) is 12.8. The van der Waals surface area contributed by atoms with E-state index in [-0.39, 0.29) is 6.61 Å². The minimum atomic E-state index is -0.403. The van der Waals surface area contributed by atoms with Crippen molar-refractivity contribution in [3.05, 3.63) is 41.0 Å². The number of rotatable bonds is 4. The molecule has 0 spiro atoms. The van der Waals surface area contributed by atoms with E-state index in [9.17, 15) is 4.79 Å². The van der Waals surface area contributed by atoms with Crippen molar-refractivity contribution in [1.82, 2.24) is 0 Å². The molecule has 0 radical (unpaired) electrons. The third-order valence-electron chi connectivity index (χ3n) is 3.30. The molecule has 0 aromatic heterocycles. The summed E-state index contributed by atoms with van der Waals surface area (Å²) in [6.45, 7) is 1.79. The molecule has 3 heteroatoms. The number of hydrogen-bond donors (Lipinski definition) is 1. The van der Waals surface area contributed by atoms with Crippen molar-refractivity contribution in [2.24, 2.45) is 0 Å². The minimum Gasteiger partial charge on any atom is -0.465 e. The maximum absolute atomic E-state index is 11.7. The van der Waals surface area contributed by atoms with Crippen LogP contribution in [0.25, 0.3) is 5.57 Å². The molecule has 0 saturated heterocycles. The summed E-state index contributed by atoms with van der Waals surface area (Å²) in [7, 11) is 1.35. The first-order valence-corrected chi connectivity index (χ1v) is 6.17. The van der Waals surface area contributed by atoms with Crippen molar-refractivity contribution in [2.45, 2.75) is 25.7 Å². The van der Waals surface area contributed by atoms with E-state index in [1.807, 2.05) is 19.1 Å². The van der Waals surface area contributed by atoms with Crippen molar-refractivity contribution < 1.29 is 14.6 Å². The lowest BCUT2D eigenvalue weighted by molar-refractivity contribution is -0.133. The molecule has 3 nitrogen and oxygen atoms in total. The van der Waals surface area contributed by atoms with Gasteiger partial charge in [-0.3, -0.25) is 0 Å². The van der Waals surface area contributed by atoms with Crippen LogP contribution in [0.15, 0.2) is 24.3 Å². The Morgan fingerprint density at radius 3 is 2.78 bits per heavy atom. The third kappa shape index (κ3) is 2.62. The Morgan fingerprint density at radius 1 is 1.50 bits per heavy atom. The molecule has 1 aliphatic rings. The molecule has 0 aliphatic heterocycles. The Hall–Kier alpha value is -1.61. The van der Waals surface area contributed by atoms with Crippen LogP contribution in [0.5, 0.6) is 0 Å². The summed E-state index contributed by atoms with van der Waals surface area (Å²) in [5, 5.41) is 9.04. The third-order valence-corrected chi connectivity index (χ3v) is 3.30. The van der Waals surface area contributed by atoms with Gasteiger partial charge in [-0.05, 0) is 48.4 Å². The zero-order chi connectivity index (χ0) is 13.1. The summed E-state index contributed by atoms with van der Waals surface area (Å²) in [4.78, 5) is 11.7. The smallest absolute Gasteiger partial charge is 0.338 e. The molecule has 0 bridgehead atoms.